The first-order valence-corrected chi connectivity index (χ1v) is 9.10. The summed E-state index contributed by atoms with van der Waals surface area (Å²) >= 11 is 0. The molecule has 2 bridgehead atoms. The summed E-state index contributed by atoms with van der Waals surface area (Å²) < 4.78 is 11.3. The van der Waals surface area contributed by atoms with Gasteiger partial charge in [-0.15, -0.1) is 0 Å². The fourth-order valence-corrected chi connectivity index (χ4v) is 3.79. The quantitative estimate of drug-likeness (QED) is 0.797. The normalized spacial score (nSPS) is 30.8. The van der Waals surface area contributed by atoms with E-state index in [-0.39, 0.29) is 35.7 Å². The lowest BCUT2D eigenvalue weighted by Crippen LogP contribution is -2.52. The minimum absolute atomic E-state index is 0.0591. The Balaban J connectivity index is 1.89. The molecule has 0 spiro atoms. The highest BCUT2D eigenvalue weighted by Crippen LogP contribution is 2.39. The van der Waals surface area contributed by atoms with Crippen molar-refractivity contribution >= 4 is 22.8 Å². The van der Waals surface area contributed by atoms with Crippen LogP contribution in [-0.4, -0.2) is 56.3 Å². The molecule has 4 unspecified atom stereocenters. The smallest absolute Gasteiger partial charge is 0.317 e. The Labute approximate surface area is 127 Å². The van der Waals surface area contributed by atoms with Crippen LogP contribution in [0.15, 0.2) is 0 Å². The average molecular weight is 316 g/mol. The van der Waals surface area contributed by atoms with Crippen LogP contribution >= 0.6 is 0 Å². The van der Waals surface area contributed by atoms with Gasteiger partial charge in [0.15, 0.2) is 0 Å². The zero-order chi connectivity index (χ0) is 15.6. The minimum Gasteiger partial charge on any atom is -0.481 e. The number of carbonyl (C=O) groups is 2. The van der Waals surface area contributed by atoms with E-state index in [0.717, 1.165) is 25.7 Å². The third-order valence-corrected chi connectivity index (χ3v) is 5.94. The summed E-state index contributed by atoms with van der Waals surface area (Å²) in [6.45, 7) is 2.26. The van der Waals surface area contributed by atoms with Crippen LogP contribution in [0.2, 0.25) is 0 Å². The lowest BCUT2D eigenvalue weighted by molar-refractivity contribution is -0.138. The molecule has 0 aromatic carbocycles. The van der Waals surface area contributed by atoms with Gasteiger partial charge < -0.3 is 15.3 Å². The van der Waals surface area contributed by atoms with E-state index in [1.165, 1.54) is 0 Å². The maximum absolute atomic E-state index is 12.3. The number of fused-ring (bicyclic) bond motifs is 2. The molecule has 2 rings (SSSR count). The molecule has 0 saturated carbocycles. The molecule has 0 radical (unpaired) electrons. The Morgan fingerprint density at radius 1 is 1.33 bits per heavy atom. The molecule has 21 heavy (non-hydrogen) atoms. The molecule has 2 aliphatic rings. The minimum atomic E-state index is -0.944. The Kier molecular flexibility index (Phi) is 5.24. The molecule has 2 saturated heterocycles. The van der Waals surface area contributed by atoms with Gasteiger partial charge in [-0.3, -0.25) is 9.00 Å². The summed E-state index contributed by atoms with van der Waals surface area (Å²) in [7, 11) is -0.944. The molecular weight excluding hydrogens is 292 g/mol. The second-order valence-electron chi connectivity index (χ2n) is 6.22. The van der Waals surface area contributed by atoms with E-state index in [0.29, 0.717) is 6.54 Å². The summed E-state index contributed by atoms with van der Waals surface area (Å²) in [5, 5.41) is 11.7. The molecule has 0 aromatic rings. The lowest BCUT2D eigenvalue weighted by atomic mass is 9.88. The van der Waals surface area contributed by atoms with Crippen molar-refractivity contribution in [3.8, 4) is 0 Å². The maximum atomic E-state index is 12.3. The van der Waals surface area contributed by atoms with Crippen LogP contribution in [0.25, 0.3) is 0 Å². The third kappa shape index (κ3) is 3.96. The van der Waals surface area contributed by atoms with Crippen molar-refractivity contribution in [2.24, 2.45) is 5.92 Å². The van der Waals surface area contributed by atoms with Crippen molar-refractivity contribution in [1.29, 1.82) is 0 Å². The molecular formula is C14H24N2O4S. The molecule has 0 aromatic heterocycles. The Morgan fingerprint density at radius 3 is 2.38 bits per heavy atom. The first kappa shape index (κ1) is 16.3. The van der Waals surface area contributed by atoms with Crippen molar-refractivity contribution in [1.82, 2.24) is 10.2 Å². The molecule has 6 nitrogen and oxygen atoms in total. The standard InChI is InChI=1S/C14H24N2O4S/c1-9(21(2)20)8-15-14(19)16-11-3-4-12(16)6-10(5-11)7-13(17)18/h9-12H,3-8H2,1-2H3,(H,15,19)(H,17,18). The van der Waals surface area contributed by atoms with E-state index >= 15 is 0 Å². The number of carbonyl (C=O) groups excluding carboxylic acids is 1. The highest BCUT2D eigenvalue weighted by atomic mass is 32.2. The molecule has 2 fully saturated rings. The SMILES string of the molecule is CC(CNC(=O)N1C2CCC1CC(CC(=O)O)C2)S(C)=O. The Morgan fingerprint density at radius 2 is 1.90 bits per heavy atom. The Bertz CT molecular complexity index is 429. The van der Waals surface area contributed by atoms with Gasteiger partial charge in [0, 0.05) is 47.4 Å². The maximum Gasteiger partial charge on any atom is 0.317 e. The van der Waals surface area contributed by atoms with Gasteiger partial charge in [-0.2, -0.15) is 0 Å². The monoisotopic (exact) mass is 316 g/mol. The van der Waals surface area contributed by atoms with Crippen molar-refractivity contribution in [2.45, 2.75) is 56.4 Å². The second kappa shape index (κ2) is 6.77. The summed E-state index contributed by atoms with van der Waals surface area (Å²) in [6, 6.07) is 0.236. The predicted molar refractivity (Wildman–Crippen MR) is 80.6 cm³/mol. The van der Waals surface area contributed by atoms with Gasteiger partial charge in [0.05, 0.1) is 0 Å². The number of hydrogen-bond acceptors (Lipinski definition) is 3. The average Bonchev–Trinajstić information content (AvgIpc) is 2.66. The predicted octanol–water partition coefficient (Wildman–Crippen LogP) is 1.18. The fourth-order valence-electron chi connectivity index (χ4n) is 3.47. The first-order valence-electron chi connectivity index (χ1n) is 7.48. The highest BCUT2D eigenvalue weighted by molar-refractivity contribution is 7.84. The van der Waals surface area contributed by atoms with Gasteiger partial charge >= 0.3 is 12.0 Å². The molecule has 7 heteroatoms. The number of piperidine rings is 1. The van der Waals surface area contributed by atoms with Gasteiger partial charge in [0.1, 0.15) is 0 Å². The van der Waals surface area contributed by atoms with E-state index in [9.17, 15) is 13.8 Å². The molecule has 4 atom stereocenters. The zero-order valence-electron chi connectivity index (χ0n) is 12.6. The van der Waals surface area contributed by atoms with Gasteiger partial charge in [-0.05, 0) is 38.5 Å². The summed E-state index contributed by atoms with van der Waals surface area (Å²) in [4.78, 5) is 25.0. The van der Waals surface area contributed by atoms with Gasteiger partial charge in [-0.25, -0.2) is 4.79 Å². The van der Waals surface area contributed by atoms with Crippen LogP contribution in [0, 0.1) is 5.92 Å². The van der Waals surface area contributed by atoms with E-state index < -0.39 is 16.8 Å². The van der Waals surface area contributed by atoms with Gasteiger partial charge in [0.2, 0.25) is 0 Å². The van der Waals surface area contributed by atoms with Crippen LogP contribution in [0.4, 0.5) is 4.79 Å². The van der Waals surface area contributed by atoms with Gasteiger partial charge in [-0.1, -0.05) is 0 Å². The van der Waals surface area contributed by atoms with Crippen molar-refractivity contribution < 1.29 is 18.9 Å². The summed E-state index contributed by atoms with van der Waals surface area (Å²) in [5.41, 5.74) is 0. The highest BCUT2D eigenvalue weighted by Gasteiger charge is 2.43. The second-order valence-corrected chi connectivity index (χ2v) is 8.02. The largest absolute Gasteiger partial charge is 0.481 e. The fraction of sp³-hybridized carbons (Fsp3) is 0.857. The van der Waals surface area contributed by atoms with Crippen LogP contribution < -0.4 is 5.32 Å². The first-order chi connectivity index (χ1) is 9.88. The van der Waals surface area contributed by atoms with Crippen molar-refractivity contribution in [3.05, 3.63) is 0 Å². The molecule has 2 heterocycles. The number of nitrogens with one attached hydrogen (secondary N) is 1. The Hall–Kier alpha value is -1.11. The summed E-state index contributed by atoms with van der Waals surface area (Å²) in [6.07, 6.45) is 5.33. The summed E-state index contributed by atoms with van der Waals surface area (Å²) in [5.74, 6) is -0.567. The van der Waals surface area contributed by atoms with E-state index in [2.05, 4.69) is 5.32 Å². The third-order valence-electron chi connectivity index (χ3n) is 4.64. The van der Waals surface area contributed by atoms with E-state index in [1.54, 1.807) is 6.26 Å². The van der Waals surface area contributed by atoms with Crippen molar-refractivity contribution in [2.75, 3.05) is 12.8 Å². The number of aliphatic carboxylic acids is 1. The number of hydrogen-bond donors (Lipinski definition) is 2. The lowest BCUT2D eigenvalue weighted by Gasteiger charge is -2.38. The molecule has 120 valence electrons. The number of carboxylic acids is 1. The van der Waals surface area contributed by atoms with E-state index in [4.69, 9.17) is 5.11 Å². The molecule has 2 aliphatic heterocycles. The van der Waals surface area contributed by atoms with Crippen LogP contribution in [-0.2, 0) is 15.6 Å². The number of urea groups is 1. The van der Waals surface area contributed by atoms with Crippen LogP contribution in [0.3, 0.4) is 0 Å². The number of rotatable bonds is 5. The number of amides is 2. The number of nitrogens with zero attached hydrogens (tertiary/aromatic N) is 1. The topological polar surface area (TPSA) is 86.7 Å². The van der Waals surface area contributed by atoms with Crippen molar-refractivity contribution in [3.63, 3.8) is 0 Å². The molecule has 2 amide bonds. The van der Waals surface area contributed by atoms with E-state index in [1.807, 2.05) is 11.8 Å². The van der Waals surface area contributed by atoms with Crippen LogP contribution in [0.5, 0.6) is 0 Å². The van der Waals surface area contributed by atoms with Gasteiger partial charge in [0.25, 0.3) is 0 Å². The zero-order valence-corrected chi connectivity index (χ0v) is 13.4. The molecule has 2 N–H and O–H groups in total. The molecule has 0 aliphatic carbocycles. The van der Waals surface area contributed by atoms with Crippen LogP contribution in [0.1, 0.15) is 39.0 Å². The number of carboxylic acid groups (broad SMARTS) is 1.